The highest BCUT2D eigenvalue weighted by atomic mass is 19.1. The molecular formula is C9H13FN2O2. The number of aliphatic hydroxyl groups is 2. The van der Waals surface area contributed by atoms with Crippen LogP contribution in [0.1, 0.15) is 0 Å². The van der Waals surface area contributed by atoms with Crippen molar-refractivity contribution in [2.75, 3.05) is 24.2 Å². The number of hydrogen-bond acceptors (Lipinski definition) is 4. The molecule has 14 heavy (non-hydrogen) atoms. The van der Waals surface area contributed by atoms with Crippen LogP contribution in [0.3, 0.4) is 0 Å². The lowest BCUT2D eigenvalue weighted by Gasteiger charge is -2.12. The maximum absolute atomic E-state index is 12.9. The van der Waals surface area contributed by atoms with Gasteiger partial charge in [0.05, 0.1) is 24.1 Å². The van der Waals surface area contributed by atoms with Crippen LogP contribution in [-0.2, 0) is 0 Å². The van der Waals surface area contributed by atoms with Gasteiger partial charge in [-0.2, -0.15) is 0 Å². The molecule has 1 aromatic rings. The second kappa shape index (κ2) is 4.78. The van der Waals surface area contributed by atoms with Crippen LogP contribution in [-0.4, -0.2) is 29.5 Å². The monoisotopic (exact) mass is 200 g/mol. The number of halogens is 1. The van der Waals surface area contributed by atoms with Crippen LogP contribution >= 0.6 is 0 Å². The van der Waals surface area contributed by atoms with Crippen LogP contribution in [0.2, 0.25) is 0 Å². The smallest absolute Gasteiger partial charge is 0.148 e. The normalized spacial score (nSPS) is 12.5. The summed E-state index contributed by atoms with van der Waals surface area (Å²) in [6.45, 7) is -0.216. The standard InChI is InChI=1S/C9H13FN2O2/c10-7-2-1-3-8(9(7)11)12-4-6(14)5-13/h1-3,6,12-14H,4-5,11H2. The SMILES string of the molecule is Nc1c(F)cccc1NCC(O)CO. The maximum Gasteiger partial charge on any atom is 0.148 e. The lowest BCUT2D eigenvalue weighted by Crippen LogP contribution is -2.23. The molecule has 0 aliphatic carbocycles. The molecule has 0 amide bonds. The summed E-state index contributed by atoms with van der Waals surface area (Å²) in [6, 6.07) is 4.37. The zero-order valence-corrected chi connectivity index (χ0v) is 7.57. The van der Waals surface area contributed by atoms with Gasteiger partial charge in [-0.05, 0) is 12.1 Å². The molecule has 0 aliphatic heterocycles. The van der Waals surface area contributed by atoms with Crippen LogP contribution in [0.25, 0.3) is 0 Å². The number of para-hydroxylation sites is 1. The quantitative estimate of drug-likeness (QED) is 0.522. The molecule has 0 fully saturated rings. The first-order valence-electron chi connectivity index (χ1n) is 4.22. The first-order chi connectivity index (χ1) is 6.65. The van der Waals surface area contributed by atoms with Gasteiger partial charge >= 0.3 is 0 Å². The van der Waals surface area contributed by atoms with Crippen molar-refractivity contribution in [1.82, 2.24) is 0 Å². The second-order valence-corrected chi connectivity index (χ2v) is 2.92. The predicted octanol–water partition coefficient (Wildman–Crippen LogP) is 0.173. The van der Waals surface area contributed by atoms with E-state index in [9.17, 15) is 4.39 Å². The molecule has 4 nitrogen and oxygen atoms in total. The molecule has 5 heteroatoms. The first kappa shape index (κ1) is 10.7. The predicted molar refractivity (Wildman–Crippen MR) is 52.4 cm³/mol. The fraction of sp³-hybridized carbons (Fsp3) is 0.333. The van der Waals surface area contributed by atoms with Gasteiger partial charge in [0.25, 0.3) is 0 Å². The minimum atomic E-state index is -0.877. The first-order valence-corrected chi connectivity index (χ1v) is 4.22. The van der Waals surface area contributed by atoms with Crippen molar-refractivity contribution in [2.24, 2.45) is 0 Å². The van der Waals surface area contributed by atoms with Gasteiger partial charge < -0.3 is 21.3 Å². The van der Waals surface area contributed by atoms with Gasteiger partial charge in [0, 0.05) is 6.54 Å². The van der Waals surface area contributed by atoms with E-state index in [0.717, 1.165) is 0 Å². The van der Waals surface area contributed by atoms with Crippen LogP contribution in [0.4, 0.5) is 15.8 Å². The Hall–Kier alpha value is -1.33. The largest absolute Gasteiger partial charge is 0.395 e. The van der Waals surface area contributed by atoms with Gasteiger partial charge in [-0.1, -0.05) is 6.07 Å². The van der Waals surface area contributed by atoms with Gasteiger partial charge in [0.15, 0.2) is 0 Å². The number of hydrogen-bond donors (Lipinski definition) is 4. The summed E-state index contributed by atoms with van der Waals surface area (Å²) in [5, 5.41) is 20.3. The van der Waals surface area contributed by atoms with Crippen molar-refractivity contribution in [2.45, 2.75) is 6.10 Å². The van der Waals surface area contributed by atoms with Gasteiger partial charge in [-0.25, -0.2) is 4.39 Å². The topological polar surface area (TPSA) is 78.5 Å². The van der Waals surface area contributed by atoms with Crippen LogP contribution in [0, 0.1) is 5.82 Å². The molecule has 0 saturated heterocycles. The van der Waals surface area contributed by atoms with Crippen molar-refractivity contribution >= 4 is 11.4 Å². The van der Waals surface area contributed by atoms with E-state index >= 15 is 0 Å². The number of nitrogens with one attached hydrogen (secondary N) is 1. The fourth-order valence-corrected chi connectivity index (χ4v) is 0.983. The van der Waals surface area contributed by atoms with Gasteiger partial charge in [-0.15, -0.1) is 0 Å². The fourth-order valence-electron chi connectivity index (χ4n) is 0.983. The Morgan fingerprint density at radius 1 is 1.50 bits per heavy atom. The highest BCUT2D eigenvalue weighted by Crippen LogP contribution is 2.20. The third-order valence-corrected chi connectivity index (χ3v) is 1.79. The minimum Gasteiger partial charge on any atom is -0.395 e. The summed E-state index contributed by atoms with van der Waals surface area (Å²) in [5.41, 5.74) is 5.85. The van der Waals surface area contributed by atoms with Crippen LogP contribution in [0.15, 0.2) is 18.2 Å². The highest BCUT2D eigenvalue weighted by molar-refractivity contribution is 5.66. The van der Waals surface area contributed by atoms with E-state index in [1.165, 1.54) is 12.1 Å². The summed E-state index contributed by atoms with van der Waals surface area (Å²) in [5.74, 6) is -0.506. The summed E-state index contributed by atoms with van der Waals surface area (Å²) >= 11 is 0. The van der Waals surface area contributed by atoms with E-state index < -0.39 is 11.9 Å². The molecule has 0 aliphatic rings. The number of anilines is 2. The number of benzene rings is 1. The molecule has 1 atom stereocenters. The molecule has 1 aromatic carbocycles. The van der Waals surface area contributed by atoms with Crippen LogP contribution < -0.4 is 11.1 Å². The molecule has 0 heterocycles. The lowest BCUT2D eigenvalue weighted by atomic mass is 10.2. The van der Waals surface area contributed by atoms with Crippen LogP contribution in [0.5, 0.6) is 0 Å². The zero-order chi connectivity index (χ0) is 10.6. The van der Waals surface area contributed by atoms with Crippen molar-refractivity contribution in [1.29, 1.82) is 0 Å². The average molecular weight is 200 g/mol. The zero-order valence-electron chi connectivity index (χ0n) is 7.57. The minimum absolute atomic E-state index is 0.0117. The Morgan fingerprint density at radius 3 is 2.86 bits per heavy atom. The number of aliphatic hydroxyl groups excluding tert-OH is 2. The molecule has 0 aromatic heterocycles. The van der Waals surface area contributed by atoms with Gasteiger partial charge in [0.2, 0.25) is 0 Å². The van der Waals surface area contributed by atoms with Crippen molar-refractivity contribution in [3.63, 3.8) is 0 Å². The Morgan fingerprint density at radius 2 is 2.21 bits per heavy atom. The van der Waals surface area contributed by atoms with Gasteiger partial charge in [0.1, 0.15) is 5.82 Å². The Bertz CT molecular complexity index is 307. The molecule has 1 unspecified atom stereocenters. The molecule has 0 bridgehead atoms. The molecule has 78 valence electrons. The van der Waals surface area contributed by atoms with E-state index in [4.69, 9.17) is 15.9 Å². The van der Waals surface area contributed by atoms with E-state index in [1.54, 1.807) is 6.07 Å². The van der Waals surface area contributed by atoms with E-state index in [1.807, 2.05) is 0 Å². The third kappa shape index (κ3) is 2.58. The Kier molecular flexibility index (Phi) is 3.67. The van der Waals surface area contributed by atoms with E-state index in [2.05, 4.69) is 5.32 Å². The Balaban J connectivity index is 2.63. The lowest BCUT2D eigenvalue weighted by molar-refractivity contribution is 0.105. The average Bonchev–Trinajstić information content (AvgIpc) is 2.20. The van der Waals surface area contributed by atoms with Crippen molar-refractivity contribution < 1.29 is 14.6 Å². The summed E-state index contributed by atoms with van der Waals surface area (Å²) in [7, 11) is 0. The summed E-state index contributed by atoms with van der Waals surface area (Å²) in [4.78, 5) is 0. The molecular weight excluding hydrogens is 187 g/mol. The number of rotatable bonds is 4. The molecule has 0 spiro atoms. The van der Waals surface area contributed by atoms with Crippen molar-refractivity contribution in [3.05, 3.63) is 24.0 Å². The molecule has 0 radical (unpaired) electrons. The number of nitrogens with two attached hydrogens (primary N) is 1. The van der Waals surface area contributed by atoms with Gasteiger partial charge in [-0.3, -0.25) is 0 Å². The molecule has 0 saturated carbocycles. The Labute approximate surface area is 81.2 Å². The summed E-state index contributed by atoms with van der Waals surface area (Å²) in [6.07, 6.45) is -0.877. The molecule has 1 rings (SSSR count). The second-order valence-electron chi connectivity index (χ2n) is 2.92. The molecule has 5 N–H and O–H groups in total. The maximum atomic E-state index is 12.9. The van der Waals surface area contributed by atoms with Crippen molar-refractivity contribution in [3.8, 4) is 0 Å². The number of nitrogen functional groups attached to an aromatic ring is 1. The summed E-state index contributed by atoms with van der Waals surface area (Å²) < 4.78 is 12.9. The highest BCUT2D eigenvalue weighted by Gasteiger charge is 2.05. The van der Waals surface area contributed by atoms with E-state index in [0.29, 0.717) is 5.69 Å². The third-order valence-electron chi connectivity index (χ3n) is 1.79. The van der Waals surface area contributed by atoms with E-state index in [-0.39, 0.29) is 18.8 Å².